The van der Waals surface area contributed by atoms with Gasteiger partial charge in [0.05, 0.1) is 23.2 Å². The van der Waals surface area contributed by atoms with E-state index in [1.165, 1.54) is 18.2 Å². The van der Waals surface area contributed by atoms with Crippen LogP contribution < -0.4 is 5.32 Å². The number of anilines is 1. The lowest BCUT2D eigenvalue weighted by Gasteiger charge is -2.13. The summed E-state index contributed by atoms with van der Waals surface area (Å²) in [7, 11) is -3.12. The van der Waals surface area contributed by atoms with Crippen LogP contribution in [0, 0.1) is 12.7 Å². The molecule has 1 unspecified atom stereocenters. The molecule has 1 aromatic heterocycles. The molecule has 0 aliphatic carbocycles. The number of aryl methyl sites for hydroxylation is 1. The van der Waals surface area contributed by atoms with Gasteiger partial charge in [0.1, 0.15) is 5.82 Å². The predicted molar refractivity (Wildman–Crippen MR) is 109 cm³/mol. The monoisotopic (exact) mass is 413 g/mol. The van der Waals surface area contributed by atoms with Crippen LogP contribution in [0.2, 0.25) is 0 Å². The highest BCUT2D eigenvalue weighted by Gasteiger charge is 2.32. The van der Waals surface area contributed by atoms with Crippen LogP contribution in [-0.2, 0) is 9.84 Å². The van der Waals surface area contributed by atoms with Crippen LogP contribution >= 0.6 is 0 Å². The fourth-order valence-electron chi connectivity index (χ4n) is 3.45. The summed E-state index contributed by atoms with van der Waals surface area (Å²) >= 11 is 0. The van der Waals surface area contributed by atoms with E-state index in [1.54, 1.807) is 16.8 Å². The lowest BCUT2D eigenvalue weighted by Crippen LogP contribution is -2.16. The second-order valence-electron chi connectivity index (χ2n) is 7.25. The summed E-state index contributed by atoms with van der Waals surface area (Å²) in [6.45, 7) is 1.97. The molecular weight excluding hydrogens is 393 g/mol. The minimum Gasteiger partial charge on any atom is -0.320 e. The number of hydrogen-bond donors (Lipinski definition) is 1. The van der Waals surface area contributed by atoms with Crippen molar-refractivity contribution in [1.29, 1.82) is 0 Å². The van der Waals surface area contributed by atoms with Gasteiger partial charge in [-0.2, -0.15) is 5.10 Å². The lowest BCUT2D eigenvalue weighted by atomic mass is 10.1. The first-order chi connectivity index (χ1) is 13.8. The number of aromatic nitrogens is 2. The first-order valence-electron chi connectivity index (χ1n) is 9.25. The van der Waals surface area contributed by atoms with E-state index in [0.29, 0.717) is 17.8 Å². The van der Waals surface area contributed by atoms with Crippen molar-refractivity contribution >= 4 is 21.4 Å². The molecule has 2 heterocycles. The summed E-state index contributed by atoms with van der Waals surface area (Å²) in [5, 5.41) is 7.06. The smallest absolute Gasteiger partial charge is 0.276 e. The molecule has 0 spiro atoms. The third kappa shape index (κ3) is 4.22. The quantitative estimate of drug-likeness (QED) is 0.709. The molecule has 8 heteroatoms. The van der Waals surface area contributed by atoms with Crippen molar-refractivity contribution in [3.8, 4) is 11.3 Å². The molecule has 1 N–H and O–H groups in total. The molecule has 0 bridgehead atoms. The van der Waals surface area contributed by atoms with Crippen molar-refractivity contribution in [3.05, 3.63) is 71.7 Å². The fraction of sp³-hybridized carbons (Fsp3) is 0.238. The molecule has 6 nitrogen and oxygen atoms in total. The average molecular weight is 413 g/mol. The lowest BCUT2D eigenvalue weighted by molar-refractivity contribution is 0.102. The van der Waals surface area contributed by atoms with Gasteiger partial charge in [-0.05, 0) is 43.2 Å². The molecule has 2 aromatic carbocycles. The van der Waals surface area contributed by atoms with Crippen molar-refractivity contribution in [2.24, 2.45) is 0 Å². The van der Waals surface area contributed by atoms with E-state index < -0.39 is 21.6 Å². The number of nitrogens with zero attached hydrogens (tertiary/aromatic N) is 2. The van der Waals surface area contributed by atoms with Gasteiger partial charge in [0.2, 0.25) is 0 Å². The maximum absolute atomic E-state index is 13.4. The summed E-state index contributed by atoms with van der Waals surface area (Å²) in [6.07, 6.45) is 0.452. The highest BCUT2D eigenvalue weighted by molar-refractivity contribution is 7.91. The number of halogens is 1. The Balaban J connectivity index is 1.71. The summed E-state index contributed by atoms with van der Waals surface area (Å²) in [5.74, 6) is -0.831. The van der Waals surface area contributed by atoms with E-state index >= 15 is 0 Å². The molecule has 1 aliphatic rings. The molecule has 1 atom stereocenters. The molecule has 1 aliphatic heterocycles. The van der Waals surface area contributed by atoms with E-state index in [2.05, 4.69) is 10.4 Å². The minimum absolute atomic E-state index is 0.00149. The highest BCUT2D eigenvalue weighted by Crippen LogP contribution is 2.30. The van der Waals surface area contributed by atoms with Crippen LogP contribution in [0.1, 0.15) is 28.5 Å². The van der Waals surface area contributed by atoms with Gasteiger partial charge in [-0.25, -0.2) is 12.8 Å². The number of carbonyl (C=O) groups excluding carboxylic acids is 1. The third-order valence-corrected chi connectivity index (χ3v) is 6.70. The van der Waals surface area contributed by atoms with Crippen LogP contribution in [0.3, 0.4) is 0 Å². The van der Waals surface area contributed by atoms with Gasteiger partial charge in [0.25, 0.3) is 5.91 Å². The summed E-state index contributed by atoms with van der Waals surface area (Å²) in [5.41, 5.74) is 3.08. The van der Waals surface area contributed by atoms with Gasteiger partial charge in [-0.3, -0.25) is 9.48 Å². The van der Waals surface area contributed by atoms with Gasteiger partial charge in [0, 0.05) is 5.69 Å². The van der Waals surface area contributed by atoms with Gasteiger partial charge in [-0.15, -0.1) is 0 Å². The third-order valence-electron chi connectivity index (χ3n) is 4.95. The Bertz CT molecular complexity index is 1170. The maximum atomic E-state index is 13.4. The number of hydrogen-bond acceptors (Lipinski definition) is 4. The predicted octanol–water partition coefficient (Wildman–Crippen LogP) is 3.61. The Morgan fingerprint density at radius 2 is 1.93 bits per heavy atom. The largest absolute Gasteiger partial charge is 0.320 e. The Morgan fingerprint density at radius 1 is 1.17 bits per heavy atom. The zero-order valence-corrected chi connectivity index (χ0v) is 16.6. The van der Waals surface area contributed by atoms with Crippen LogP contribution in [-0.4, -0.2) is 35.6 Å². The summed E-state index contributed by atoms with van der Waals surface area (Å²) in [6, 6.07) is 14.7. The Kier molecular flexibility index (Phi) is 4.96. The van der Waals surface area contributed by atoms with Crippen molar-refractivity contribution in [2.75, 3.05) is 16.8 Å². The van der Waals surface area contributed by atoms with Crippen LogP contribution in [0.4, 0.5) is 10.1 Å². The second kappa shape index (κ2) is 7.44. The number of rotatable bonds is 4. The standard InChI is InChI=1S/C21H20FN3O3S/c1-14-5-7-15(8-6-14)20-12-19(21(26)23-17-4-2-3-16(22)11-17)24-25(20)18-9-10-29(27,28)13-18/h2-8,11-12,18H,9-10,13H2,1H3,(H,23,26). The number of nitrogens with one attached hydrogen (secondary N) is 1. The first-order valence-corrected chi connectivity index (χ1v) is 11.1. The molecule has 0 radical (unpaired) electrons. The van der Waals surface area contributed by atoms with Crippen molar-refractivity contribution < 1.29 is 17.6 Å². The normalized spacial score (nSPS) is 17.9. The van der Waals surface area contributed by atoms with Gasteiger partial charge in [0.15, 0.2) is 15.5 Å². The average Bonchev–Trinajstić information content (AvgIpc) is 3.26. The van der Waals surface area contributed by atoms with E-state index in [-0.39, 0.29) is 23.2 Å². The van der Waals surface area contributed by atoms with Gasteiger partial charge >= 0.3 is 0 Å². The number of carbonyl (C=O) groups is 1. The first kappa shape index (κ1) is 19.3. The van der Waals surface area contributed by atoms with Crippen molar-refractivity contribution in [1.82, 2.24) is 9.78 Å². The van der Waals surface area contributed by atoms with Crippen LogP contribution in [0.15, 0.2) is 54.6 Å². The number of amides is 1. The number of sulfone groups is 1. The molecule has 150 valence electrons. The van der Waals surface area contributed by atoms with Crippen molar-refractivity contribution in [2.45, 2.75) is 19.4 Å². The highest BCUT2D eigenvalue weighted by atomic mass is 32.2. The van der Waals surface area contributed by atoms with Gasteiger partial charge in [-0.1, -0.05) is 35.9 Å². The van der Waals surface area contributed by atoms with Crippen LogP contribution in [0.5, 0.6) is 0 Å². The summed E-state index contributed by atoms with van der Waals surface area (Å²) < 4.78 is 39.0. The summed E-state index contributed by atoms with van der Waals surface area (Å²) in [4.78, 5) is 12.7. The molecule has 1 amide bonds. The molecule has 4 rings (SSSR count). The van der Waals surface area contributed by atoms with Crippen molar-refractivity contribution in [3.63, 3.8) is 0 Å². The zero-order valence-electron chi connectivity index (χ0n) is 15.8. The Hall–Kier alpha value is -3.00. The Morgan fingerprint density at radius 3 is 2.59 bits per heavy atom. The molecule has 1 saturated heterocycles. The topological polar surface area (TPSA) is 81.1 Å². The fourth-order valence-corrected chi connectivity index (χ4v) is 5.15. The maximum Gasteiger partial charge on any atom is 0.276 e. The van der Waals surface area contributed by atoms with E-state index in [9.17, 15) is 17.6 Å². The van der Waals surface area contributed by atoms with E-state index in [1.807, 2.05) is 31.2 Å². The van der Waals surface area contributed by atoms with Gasteiger partial charge < -0.3 is 5.32 Å². The zero-order chi connectivity index (χ0) is 20.6. The molecule has 0 saturated carbocycles. The number of benzene rings is 2. The molecular formula is C21H20FN3O3S. The minimum atomic E-state index is -3.12. The molecule has 29 heavy (non-hydrogen) atoms. The van der Waals surface area contributed by atoms with E-state index in [0.717, 1.165) is 11.1 Å². The van der Waals surface area contributed by atoms with E-state index in [4.69, 9.17) is 0 Å². The SMILES string of the molecule is Cc1ccc(-c2cc(C(=O)Nc3cccc(F)c3)nn2C2CCS(=O)(=O)C2)cc1. The molecule has 3 aromatic rings. The second-order valence-corrected chi connectivity index (χ2v) is 9.48. The molecule has 1 fully saturated rings. The Labute approximate surface area is 168 Å². The van der Waals surface area contributed by atoms with Crippen LogP contribution in [0.25, 0.3) is 11.3 Å².